The Morgan fingerprint density at radius 2 is 2.20 bits per heavy atom. The number of hydrogen-bond donors (Lipinski definition) is 0. The van der Waals surface area contributed by atoms with Crippen LogP contribution in [-0.4, -0.2) is 6.21 Å². The molecule has 1 aromatic rings. The molecule has 0 unspecified atom stereocenters. The zero-order valence-electron chi connectivity index (χ0n) is 5.54. The molecule has 0 saturated heterocycles. The summed E-state index contributed by atoms with van der Waals surface area (Å²) in [5, 5.41) is 0. The van der Waals surface area contributed by atoms with E-state index in [1.165, 1.54) is 5.56 Å². The van der Waals surface area contributed by atoms with Gasteiger partial charge in [-0.1, -0.05) is 24.3 Å². The van der Waals surface area contributed by atoms with E-state index in [0.717, 1.165) is 12.0 Å². The summed E-state index contributed by atoms with van der Waals surface area (Å²) in [6, 6.07) is 8.19. The fourth-order valence-electron chi connectivity index (χ4n) is 1.07. The Hall–Kier alpha value is -1.11. The lowest BCUT2D eigenvalue weighted by Gasteiger charge is -2.06. The Labute approximate surface area is 60.4 Å². The summed E-state index contributed by atoms with van der Waals surface area (Å²) in [7, 11) is 0. The molecule has 1 aromatic carbocycles. The van der Waals surface area contributed by atoms with Crippen LogP contribution in [0.3, 0.4) is 0 Å². The SMILES string of the molecule is [C]1N=CCc2ccccc21. The van der Waals surface area contributed by atoms with E-state index in [9.17, 15) is 0 Å². The van der Waals surface area contributed by atoms with Crippen LogP contribution in [-0.2, 0) is 6.42 Å². The molecule has 0 aromatic heterocycles. The maximum Gasteiger partial charge on any atom is 0.150 e. The van der Waals surface area contributed by atoms with Crippen LogP contribution in [0.25, 0.3) is 0 Å². The normalized spacial score (nSPS) is 14.8. The largest absolute Gasteiger partial charge is 0.280 e. The number of fused-ring (bicyclic) bond motifs is 1. The van der Waals surface area contributed by atoms with Crippen molar-refractivity contribution in [3.8, 4) is 0 Å². The molecule has 0 amide bonds. The van der Waals surface area contributed by atoms with Gasteiger partial charge in [-0.3, -0.25) is 4.99 Å². The van der Waals surface area contributed by atoms with E-state index in [0.29, 0.717) is 0 Å². The smallest absolute Gasteiger partial charge is 0.150 e. The minimum atomic E-state index is 0.948. The zero-order chi connectivity index (χ0) is 6.81. The van der Waals surface area contributed by atoms with Crippen LogP contribution in [0.2, 0.25) is 0 Å². The second kappa shape index (κ2) is 2.25. The first kappa shape index (κ1) is 5.66. The van der Waals surface area contributed by atoms with Crippen molar-refractivity contribution in [3.63, 3.8) is 0 Å². The lowest BCUT2D eigenvalue weighted by atomic mass is 10.0. The third-order valence-corrected chi connectivity index (χ3v) is 1.60. The van der Waals surface area contributed by atoms with E-state index in [1.807, 2.05) is 24.4 Å². The van der Waals surface area contributed by atoms with Crippen molar-refractivity contribution in [3.05, 3.63) is 41.9 Å². The molecule has 0 aliphatic carbocycles. The van der Waals surface area contributed by atoms with Gasteiger partial charge < -0.3 is 0 Å². The summed E-state index contributed by atoms with van der Waals surface area (Å²) in [6.45, 7) is 2.93. The van der Waals surface area contributed by atoms with Gasteiger partial charge in [0.2, 0.25) is 0 Å². The summed E-state index contributed by atoms with van der Waals surface area (Å²) in [6.07, 6.45) is 2.82. The summed E-state index contributed by atoms with van der Waals surface area (Å²) >= 11 is 0. The van der Waals surface area contributed by atoms with Crippen LogP contribution in [0, 0.1) is 6.54 Å². The van der Waals surface area contributed by atoms with Gasteiger partial charge in [0, 0.05) is 12.6 Å². The van der Waals surface area contributed by atoms with Gasteiger partial charge in [0.25, 0.3) is 0 Å². The van der Waals surface area contributed by atoms with Crippen LogP contribution < -0.4 is 0 Å². The molecule has 48 valence electrons. The van der Waals surface area contributed by atoms with E-state index >= 15 is 0 Å². The van der Waals surface area contributed by atoms with E-state index < -0.39 is 0 Å². The summed E-state index contributed by atoms with van der Waals surface area (Å²) in [5.74, 6) is 0. The fourth-order valence-corrected chi connectivity index (χ4v) is 1.07. The number of aliphatic imine (C=N–C) groups is 1. The molecule has 0 fully saturated rings. The Morgan fingerprint density at radius 3 is 3.10 bits per heavy atom. The molecule has 1 aliphatic rings. The van der Waals surface area contributed by atoms with Crippen LogP contribution in [0.1, 0.15) is 11.1 Å². The molecule has 0 saturated carbocycles. The Bertz CT molecular complexity index is 236. The number of nitrogens with zero attached hydrogens (tertiary/aromatic N) is 1. The summed E-state index contributed by atoms with van der Waals surface area (Å²) in [4.78, 5) is 3.94. The first-order valence-electron chi connectivity index (χ1n) is 3.32. The minimum Gasteiger partial charge on any atom is -0.280 e. The molecular weight excluding hydrogens is 122 g/mol. The van der Waals surface area contributed by atoms with Crippen LogP contribution in [0.5, 0.6) is 0 Å². The molecule has 1 aliphatic heterocycles. The van der Waals surface area contributed by atoms with Crippen molar-refractivity contribution < 1.29 is 0 Å². The molecule has 0 bridgehead atoms. The molecule has 1 heterocycles. The highest BCUT2D eigenvalue weighted by molar-refractivity contribution is 5.66. The van der Waals surface area contributed by atoms with Gasteiger partial charge in [-0.25, -0.2) is 0 Å². The van der Waals surface area contributed by atoms with Gasteiger partial charge >= 0.3 is 0 Å². The Balaban J connectivity index is 2.47. The topological polar surface area (TPSA) is 12.4 Å². The Kier molecular flexibility index (Phi) is 1.28. The van der Waals surface area contributed by atoms with E-state index in [2.05, 4.69) is 17.6 Å². The highest BCUT2D eigenvalue weighted by Crippen LogP contribution is 2.14. The average Bonchev–Trinajstić information content (AvgIpc) is 2.05. The van der Waals surface area contributed by atoms with Gasteiger partial charge in [-0.15, -0.1) is 0 Å². The van der Waals surface area contributed by atoms with Gasteiger partial charge in [-0.05, 0) is 11.1 Å². The number of benzene rings is 1. The van der Waals surface area contributed by atoms with Gasteiger partial charge in [-0.2, -0.15) is 0 Å². The third-order valence-electron chi connectivity index (χ3n) is 1.60. The van der Waals surface area contributed by atoms with Gasteiger partial charge in [0.15, 0.2) is 0 Å². The zero-order valence-corrected chi connectivity index (χ0v) is 5.54. The third kappa shape index (κ3) is 0.838. The predicted octanol–water partition coefficient (Wildman–Crippen LogP) is 1.70. The quantitative estimate of drug-likeness (QED) is 0.505. The van der Waals surface area contributed by atoms with E-state index in [1.54, 1.807) is 0 Å². The van der Waals surface area contributed by atoms with Crippen LogP contribution in [0.15, 0.2) is 29.3 Å². The van der Waals surface area contributed by atoms with Crippen molar-refractivity contribution in [2.45, 2.75) is 6.42 Å². The number of hydrogen-bond acceptors (Lipinski definition) is 1. The lowest BCUT2D eigenvalue weighted by Crippen LogP contribution is -1.97. The van der Waals surface area contributed by atoms with Crippen molar-refractivity contribution in [2.75, 3.05) is 0 Å². The molecule has 2 radical (unpaired) electrons. The minimum absolute atomic E-state index is 0.948. The predicted molar refractivity (Wildman–Crippen MR) is 41.0 cm³/mol. The standard InChI is InChI=1S/C9H7N/c1-2-4-9-7-10-6-5-8(9)3-1/h1-4,6H,5H2. The molecular formula is C9H7N. The lowest BCUT2D eigenvalue weighted by molar-refractivity contribution is 1.19. The van der Waals surface area contributed by atoms with E-state index in [-0.39, 0.29) is 0 Å². The van der Waals surface area contributed by atoms with Crippen molar-refractivity contribution in [2.24, 2.45) is 4.99 Å². The second-order valence-electron chi connectivity index (χ2n) is 2.28. The maximum atomic E-state index is 3.94. The van der Waals surface area contributed by atoms with Gasteiger partial charge in [0.05, 0.1) is 0 Å². The monoisotopic (exact) mass is 129 g/mol. The molecule has 0 atom stereocenters. The molecule has 0 spiro atoms. The fraction of sp³-hybridized carbons (Fsp3) is 0.111. The van der Waals surface area contributed by atoms with Gasteiger partial charge in [0.1, 0.15) is 6.54 Å². The first-order chi connectivity index (χ1) is 4.97. The molecule has 0 N–H and O–H groups in total. The van der Waals surface area contributed by atoms with Crippen LogP contribution in [0.4, 0.5) is 0 Å². The highest BCUT2D eigenvalue weighted by Gasteiger charge is 2.03. The van der Waals surface area contributed by atoms with Crippen molar-refractivity contribution in [1.29, 1.82) is 0 Å². The molecule has 10 heavy (non-hydrogen) atoms. The van der Waals surface area contributed by atoms with Crippen LogP contribution >= 0.6 is 0 Å². The molecule has 2 rings (SSSR count). The number of rotatable bonds is 0. The van der Waals surface area contributed by atoms with Crippen molar-refractivity contribution >= 4 is 6.21 Å². The highest BCUT2D eigenvalue weighted by atomic mass is 14.7. The second-order valence-corrected chi connectivity index (χ2v) is 2.28. The first-order valence-corrected chi connectivity index (χ1v) is 3.32. The van der Waals surface area contributed by atoms with E-state index in [4.69, 9.17) is 0 Å². The van der Waals surface area contributed by atoms with Crippen molar-refractivity contribution in [1.82, 2.24) is 0 Å². The summed E-state index contributed by atoms with van der Waals surface area (Å²) in [5.41, 5.74) is 2.45. The average molecular weight is 129 g/mol. The molecule has 1 nitrogen and oxygen atoms in total. The maximum absolute atomic E-state index is 3.94. The molecule has 1 heteroatoms. The summed E-state index contributed by atoms with van der Waals surface area (Å²) < 4.78 is 0. The Morgan fingerprint density at radius 1 is 1.30 bits per heavy atom.